The van der Waals surface area contributed by atoms with Crippen molar-refractivity contribution in [3.05, 3.63) is 0 Å². The number of imide groups is 1. The molecule has 1 saturated carbocycles. The van der Waals surface area contributed by atoms with Crippen LogP contribution in [0, 0.1) is 0 Å². The third-order valence-corrected chi connectivity index (χ3v) is 4.42. The highest BCUT2D eigenvalue weighted by Gasteiger charge is 2.42. The van der Waals surface area contributed by atoms with Crippen molar-refractivity contribution in [2.45, 2.75) is 70.0 Å². The molecule has 0 spiro atoms. The second kappa shape index (κ2) is 7.18. The summed E-state index contributed by atoms with van der Waals surface area (Å²) in [7, 11) is 1.65. The molecule has 2 atom stereocenters. The topological polar surface area (TPSA) is 58.6 Å². The van der Waals surface area contributed by atoms with E-state index in [1.807, 2.05) is 0 Å². The lowest BCUT2D eigenvalue weighted by Gasteiger charge is -2.30. The Kier molecular flexibility index (Phi) is 5.54. The van der Waals surface area contributed by atoms with Gasteiger partial charge in [0, 0.05) is 19.2 Å². The van der Waals surface area contributed by atoms with Gasteiger partial charge in [0.25, 0.3) is 0 Å². The molecule has 114 valence electrons. The van der Waals surface area contributed by atoms with Crippen molar-refractivity contribution >= 4 is 11.8 Å². The number of hydrogen-bond acceptors (Lipinski definition) is 4. The SMILES string of the molecule is CCC(COC)NC1CC(=O)N(C2CCCCC2)C1=O. The molecule has 2 unspecified atom stereocenters. The number of nitrogens with one attached hydrogen (secondary N) is 1. The van der Waals surface area contributed by atoms with Crippen LogP contribution < -0.4 is 5.32 Å². The lowest BCUT2D eigenvalue weighted by atomic mass is 9.94. The van der Waals surface area contributed by atoms with Crippen molar-refractivity contribution in [2.75, 3.05) is 13.7 Å². The van der Waals surface area contributed by atoms with Gasteiger partial charge in [0.2, 0.25) is 11.8 Å². The summed E-state index contributed by atoms with van der Waals surface area (Å²) >= 11 is 0. The third kappa shape index (κ3) is 3.38. The average molecular weight is 282 g/mol. The van der Waals surface area contributed by atoms with Crippen molar-refractivity contribution in [1.82, 2.24) is 10.2 Å². The summed E-state index contributed by atoms with van der Waals surface area (Å²) < 4.78 is 5.14. The Hall–Kier alpha value is -0.940. The highest BCUT2D eigenvalue weighted by Crippen LogP contribution is 2.27. The molecule has 0 bridgehead atoms. The van der Waals surface area contributed by atoms with E-state index < -0.39 is 0 Å². The van der Waals surface area contributed by atoms with Gasteiger partial charge in [-0.2, -0.15) is 0 Å². The minimum Gasteiger partial charge on any atom is -0.383 e. The van der Waals surface area contributed by atoms with Crippen LogP contribution in [-0.4, -0.2) is 48.6 Å². The average Bonchev–Trinajstić information content (AvgIpc) is 2.74. The molecule has 1 saturated heterocycles. The van der Waals surface area contributed by atoms with E-state index >= 15 is 0 Å². The lowest BCUT2D eigenvalue weighted by Crippen LogP contribution is -2.48. The van der Waals surface area contributed by atoms with Gasteiger partial charge in [0.15, 0.2) is 0 Å². The van der Waals surface area contributed by atoms with Gasteiger partial charge in [-0.05, 0) is 19.3 Å². The minimum absolute atomic E-state index is 0.00771. The Bertz CT molecular complexity index is 353. The summed E-state index contributed by atoms with van der Waals surface area (Å²) in [5.41, 5.74) is 0. The van der Waals surface area contributed by atoms with Crippen molar-refractivity contribution in [1.29, 1.82) is 0 Å². The second-order valence-electron chi connectivity index (χ2n) is 5.88. The van der Waals surface area contributed by atoms with Gasteiger partial charge >= 0.3 is 0 Å². The zero-order valence-corrected chi connectivity index (χ0v) is 12.6. The minimum atomic E-state index is -0.357. The normalized spacial score (nSPS) is 26.3. The maximum atomic E-state index is 12.5. The molecule has 5 nitrogen and oxygen atoms in total. The predicted molar refractivity (Wildman–Crippen MR) is 76.2 cm³/mol. The number of likely N-dealkylation sites (tertiary alicyclic amines) is 1. The first-order chi connectivity index (χ1) is 9.67. The Balaban J connectivity index is 1.96. The number of methoxy groups -OCH3 is 1. The fourth-order valence-electron chi connectivity index (χ4n) is 3.27. The quantitative estimate of drug-likeness (QED) is 0.749. The van der Waals surface area contributed by atoms with Crippen LogP contribution in [0.5, 0.6) is 0 Å². The number of carbonyl (C=O) groups excluding carboxylic acids is 2. The molecule has 20 heavy (non-hydrogen) atoms. The zero-order valence-electron chi connectivity index (χ0n) is 12.6. The molecule has 2 rings (SSSR count). The van der Waals surface area contributed by atoms with Gasteiger partial charge in [-0.1, -0.05) is 26.2 Å². The van der Waals surface area contributed by atoms with Crippen LogP contribution in [0.2, 0.25) is 0 Å². The maximum Gasteiger partial charge on any atom is 0.247 e. The van der Waals surface area contributed by atoms with Gasteiger partial charge in [0.1, 0.15) is 0 Å². The Morgan fingerprint density at radius 1 is 1.30 bits per heavy atom. The number of hydrogen-bond donors (Lipinski definition) is 1. The molecule has 0 radical (unpaired) electrons. The zero-order chi connectivity index (χ0) is 14.5. The summed E-state index contributed by atoms with van der Waals surface area (Å²) in [6.07, 6.45) is 6.60. The fourth-order valence-corrected chi connectivity index (χ4v) is 3.27. The van der Waals surface area contributed by atoms with Gasteiger partial charge in [-0.15, -0.1) is 0 Å². The Morgan fingerprint density at radius 2 is 2.00 bits per heavy atom. The molecule has 1 aliphatic heterocycles. The van der Waals surface area contributed by atoms with Crippen LogP contribution >= 0.6 is 0 Å². The highest BCUT2D eigenvalue weighted by molar-refractivity contribution is 6.05. The summed E-state index contributed by atoms with van der Waals surface area (Å²) in [6.45, 7) is 2.62. The van der Waals surface area contributed by atoms with Gasteiger partial charge in [-0.3, -0.25) is 14.5 Å². The highest BCUT2D eigenvalue weighted by atomic mass is 16.5. The van der Waals surface area contributed by atoms with Crippen LogP contribution in [0.1, 0.15) is 51.9 Å². The molecule has 0 aromatic heterocycles. The van der Waals surface area contributed by atoms with E-state index in [1.165, 1.54) is 11.3 Å². The van der Waals surface area contributed by atoms with E-state index in [-0.39, 0.29) is 29.9 Å². The first-order valence-electron chi connectivity index (χ1n) is 7.78. The Morgan fingerprint density at radius 3 is 2.60 bits per heavy atom. The second-order valence-corrected chi connectivity index (χ2v) is 5.88. The van der Waals surface area contributed by atoms with Crippen molar-refractivity contribution < 1.29 is 14.3 Å². The third-order valence-electron chi connectivity index (χ3n) is 4.42. The van der Waals surface area contributed by atoms with E-state index in [0.717, 1.165) is 32.1 Å². The van der Waals surface area contributed by atoms with E-state index in [2.05, 4.69) is 12.2 Å². The first kappa shape index (κ1) is 15.4. The van der Waals surface area contributed by atoms with Crippen LogP contribution in [0.4, 0.5) is 0 Å². The van der Waals surface area contributed by atoms with Crippen LogP contribution in [0.25, 0.3) is 0 Å². The fraction of sp³-hybridized carbons (Fsp3) is 0.867. The molecule has 2 aliphatic rings. The first-order valence-corrected chi connectivity index (χ1v) is 7.78. The number of nitrogens with zero attached hydrogens (tertiary/aromatic N) is 1. The van der Waals surface area contributed by atoms with Gasteiger partial charge in [-0.25, -0.2) is 0 Å². The standard InChI is InChI=1S/C15H26N2O3/c1-3-11(10-20-2)16-13-9-14(18)17(15(13)19)12-7-5-4-6-8-12/h11-13,16H,3-10H2,1-2H3. The number of amides is 2. The molecule has 2 amide bonds. The summed E-state index contributed by atoms with van der Waals surface area (Å²) in [4.78, 5) is 26.2. The number of ether oxygens (including phenoxy) is 1. The van der Waals surface area contributed by atoms with E-state index in [1.54, 1.807) is 7.11 Å². The van der Waals surface area contributed by atoms with Gasteiger partial charge in [0.05, 0.1) is 19.1 Å². The summed E-state index contributed by atoms with van der Waals surface area (Å²) in [5.74, 6) is -0.0388. The Labute approximate surface area is 121 Å². The van der Waals surface area contributed by atoms with Crippen LogP contribution in [0.3, 0.4) is 0 Å². The smallest absolute Gasteiger partial charge is 0.247 e. The van der Waals surface area contributed by atoms with Crippen molar-refractivity contribution in [2.24, 2.45) is 0 Å². The maximum absolute atomic E-state index is 12.5. The molecular weight excluding hydrogens is 256 g/mol. The molecule has 1 aliphatic carbocycles. The summed E-state index contributed by atoms with van der Waals surface area (Å²) in [5, 5.41) is 3.28. The summed E-state index contributed by atoms with van der Waals surface area (Å²) in [6, 6.07) is -0.0874. The number of carbonyl (C=O) groups is 2. The van der Waals surface area contributed by atoms with Gasteiger partial charge < -0.3 is 10.1 Å². The molecule has 1 heterocycles. The van der Waals surface area contributed by atoms with E-state index in [4.69, 9.17) is 4.74 Å². The van der Waals surface area contributed by atoms with E-state index in [9.17, 15) is 9.59 Å². The van der Waals surface area contributed by atoms with Crippen molar-refractivity contribution in [3.8, 4) is 0 Å². The number of rotatable bonds is 6. The molecule has 2 fully saturated rings. The van der Waals surface area contributed by atoms with Crippen LogP contribution in [0.15, 0.2) is 0 Å². The predicted octanol–water partition coefficient (Wildman–Crippen LogP) is 1.46. The largest absolute Gasteiger partial charge is 0.383 e. The molecule has 1 N–H and O–H groups in total. The van der Waals surface area contributed by atoms with Crippen LogP contribution in [-0.2, 0) is 14.3 Å². The molecule has 0 aromatic rings. The molecule has 0 aromatic carbocycles. The van der Waals surface area contributed by atoms with Crippen molar-refractivity contribution in [3.63, 3.8) is 0 Å². The lowest BCUT2D eigenvalue weighted by molar-refractivity contribution is -0.142. The molecule has 5 heteroatoms. The monoisotopic (exact) mass is 282 g/mol. The molecular formula is C15H26N2O3. The van der Waals surface area contributed by atoms with E-state index in [0.29, 0.717) is 13.0 Å².